The second-order valence-corrected chi connectivity index (χ2v) is 4.05. The van der Waals surface area contributed by atoms with Crippen molar-refractivity contribution in [2.24, 2.45) is 0 Å². The van der Waals surface area contributed by atoms with E-state index in [2.05, 4.69) is 0 Å². The van der Waals surface area contributed by atoms with Gasteiger partial charge in [0.1, 0.15) is 0 Å². The topological polar surface area (TPSA) is 37.3 Å². The first-order valence-electron chi connectivity index (χ1n) is 5.99. The van der Waals surface area contributed by atoms with Gasteiger partial charge in [-0.05, 0) is 28.9 Å². The molecule has 0 aliphatic carbocycles. The smallest absolute Gasteiger partial charge is 0.328 e. The van der Waals surface area contributed by atoms with E-state index in [9.17, 15) is 4.79 Å². The molecule has 0 unspecified atom stereocenters. The number of hydrogen-bond donors (Lipinski definition) is 1. The van der Waals surface area contributed by atoms with Gasteiger partial charge < -0.3 is 5.11 Å². The summed E-state index contributed by atoms with van der Waals surface area (Å²) in [6, 6.07) is 19.5. The van der Waals surface area contributed by atoms with E-state index < -0.39 is 5.97 Å². The van der Waals surface area contributed by atoms with Crippen molar-refractivity contribution < 1.29 is 9.90 Å². The van der Waals surface area contributed by atoms with Crippen molar-refractivity contribution in [1.29, 1.82) is 0 Å². The minimum atomic E-state index is -0.949. The molecule has 0 radical (unpaired) electrons. The molecule has 2 nitrogen and oxygen atoms in total. The first kappa shape index (κ1) is 12.8. The van der Waals surface area contributed by atoms with E-state index in [0.717, 1.165) is 22.8 Å². The predicted octanol–water partition coefficient (Wildman–Crippen LogP) is 3.87. The minimum absolute atomic E-state index is 0.870. The van der Waals surface area contributed by atoms with Crippen LogP contribution in [0.2, 0.25) is 0 Å². The van der Waals surface area contributed by atoms with Gasteiger partial charge in [0.15, 0.2) is 0 Å². The molecule has 2 aromatic rings. The summed E-state index contributed by atoms with van der Waals surface area (Å²) in [6.45, 7) is 0. The fourth-order valence-corrected chi connectivity index (χ4v) is 1.75. The highest BCUT2D eigenvalue weighted by atomic mass is 16.4. The van der Waals surface area contributed by atoms with E-state index in [1.54, 1.807) is 6.08 Å². The maximum Gasteiger partial charge on any atom is 0.328 e. The van der Waals surface area contributed by atoms with Crippen molar-refractivity contribution >= 4 is 17.6 Å². The zero-order chi connectivity index (χ0) is 13.5. The van der Waals surface area contributed by atoms with E-state index in [0.29, 0.717) is 0 Å². The Morgan fingerprint density at radius 1 is 0.842 bits per heavy atom. The Labute approximate surface area is 112 Å². The molecule has 0 bridgehead atoms. The molecular formula is C17H14O2. The molecule has 0 amide bonds. The number of aliphatic carboxylic acids is 1. The van der Waals surface area contributed by atoms with Gasteiger partial charge in [0, 0.05) is 6.08 Å². The molecule has 2 aromatic carbocycles. The highest BCUT2D eigenvalue weighted by Crippen LogP contribution is 2.19. The molecule has 19 heavy (non-hydrogen) atoms. The van der Waals surface area contributed by atoms with Gasteiger partial charge in [0.2, 0.25) is 0 Å². The third-order valence-electron chi connectivity index (χ3n) is 2.63. The van der Waals surface area contributed by atoms with Crippen molar-refractivity contribution in [3.05, 3.63) is 83.9 Å². The van der Waals surface area contributed by atoms with E-state index in [-0.39, 0.29) is 0 Å². The van der Waals surface area contributed by atoms with Gasteiger partial charge in [0.05, 0.1) is 0 Å². The van der Waals surface area contributed by atoms with Crippen LogP contribution in [0.25, 0.3) is 11.6 Å². The molecule has 2 heteroatoms. The fourth-order valence-electron chi connectivity index (χ4n) is 1.75. The molecule has 0 heterocycles. The van der Waals surface area contributed by atoms with Crippen LogP contribution in [0.15, 0.2) is 72.8 Å². The van der Waals surface area contributed by atoms with Crippen LogP contribution in [0, 0.1) is 0 Å². The molecule has 1 N–H and O–H groups in total. The lowest BCUT2D eigenvalue weighted by atomic mass is 10.0. The highest BCUT2D eigenvalue weighted by molar-refractivity contribution is 5.91. The van der Waals surface area contributed by atoms with Gasteiger partial charge in [-0.1, -0.05) is 60.7 Å². The van der Waals surface area contributed by atoms with Crippen molar-refractivity contribution in [2.45, 2.75) is 0 Å². The van der Waals surface area contributed by atoms with E-state index >= 15 is 0 Å². The first-order chi connectivity index (χ1) is 9.25. The van der Waals surface area contributed by atoms with Gasteiger partial charge in [-0.25, -0.2) is 4.79 Å². The standard InChI is InChI=1S/C17H14O2/c18-17(19)12-11-16(15-9-5-2-6-10-15)13-14-7-3-1-4-8-14/h1-13H,(H,18,19)/b12-11+,16-13+. The quantitative estimate of drug-likeness (QED) is 0.508. The maximum atomic E-state index is 10.7. The van der Waals surface area contributed by atoms with Crippen molar-refractivity contribution in [3.63, 3.8) is 0 Å². The van der Waals surface area contributed by atoms with E-state index in [1.165, 1.54) is 0 Å². The molecule has 0 aliphatic rings. The van der Waals surface area contributed by atoms with Gasteiger partial charge in [-0.2, -0.15) is 0 Å². The summed E-state index contributed by atoms with van der Waals surface area (Å²) in [5.74, 6) is -0.949. The SMILES string of the molecule is O=C(O)/C=C/C(=C\c1ccccc1)c1ccccc1. The van der Waals surface area contributed by atoms with Gasteiger partial charge in [-0.15, -0.1) is 0 Å². The normalized spacial score (nSPS) is 11.7. The Morgan fingerprint density at radius 3 is 2.00 bits per heavy atom. The van der Waals surface area contributed by atoms with Gasteiger partial charge in [0.25, 0.3) is 0 Å². The zero-order valence-corrected chi connectivity index (χ0v) is 10.4. The molecule has 2 rings (SSSR count). The van der Waals surface area contributed by atoms with Crippen LogP contribution < -0.4 is 0 Å². The minimum Gasteiger partial charge on any atom is -0.478 e. The Bertz CT molecular complexity index is 596. The summed E-state index contributed by atoms with van der Waals surface area (Å²) in [4.78, 5) is 10.7. The highest BCUT2D eigenvalue weighted by Gasteiger charge is 1.98. The first-order valence-corrected chi connectivity index (χ1v) is 5.99. The van der Waals surface area contributed by atoms with E-state index in [4.69, 9.17) is 5.11 Å². The van der Waals surface area contributed by atoms with Crippen LogP contribution in [0.5, 0.6) is 0 Å². The Kier molecular flexibility index (Phi) is 4.29. The van der Waals surface area contributed by atoms with Crippen LogP contribution in [-0.4, -0.2) is 11.1 Å². The molecule has 0 saturated carbocycles. The average Bonchev–Trinajstić information content (AvgIpc) is 2.45. The summed E-state index contributed by atoms with van der Waals surface area (Å²) >= 11 is 0. The molecule has 0 spiro atoms. The fraction of sp³-hybridized carbons (Fsp3) is 0. The monoisotopic (exact) mass is 250 g/mol. The third kappa shape index (κ3) is 3.96. The number of rotatable bonds is 4. The summed E-state index contributed by atoms with van der Waals surface area (Å²) < 4.78 is 0. The van der Waals surface area contributed by atoms with Crippen LogP contribution in [-0.2, 0) is 4.79 Å². The van der Waals surface area contributed by atoms with E-state index in [1.807, 2.05) is 66.7 Å². The lowest BCUT2D eigenvalue weighted by molar-refractivity contribution is -0.131. The zero-order valence-electron chi connectivity index (χ0n) is 10.4. The number of hydrogen-bond acceptors (Lipinski definition) is 1. The van der Waals surface area contributed by atoms with Gasteiger partial charge in [-0.3, -0.25) is 0 Å². The van der Waals surface area contributed by atoms with Gasteiger partial charge >= 0.3 is 5.97 Å². The molecular weight excluding hydrogens is 236 g/mol. The molecule has 0 aliphatic heterocycles. The maximum absolute atomic E-state index is 10.7. The summed E-state index contributed by atoms with van der Waals surface area (Å²) in [7, 11) is 0. The van der Waals surface area contributed by atoms with Crippen molar-refractivity contribution in [3.8, 4) is 0 Å². The molecule has 0 aromatic heterocycles. The van der Waals surface area contributed by atoms with Crippen LogP contribution in [0.4, 0.5) is 0 Å². The Hall–Kier alpha value is -2.61. The second-order valence-electron chi connectivity index (χ2n) is 4.05. The second kappa shape index (κ2) is 6.36. The number of allylic oxidation sites excluding steroid dienone is 2. The summed E-state index contributed by atoms with van der Waals surface area (Å²) in [5, 5.41) is 8.76. The molecule has 0 atom stereocenters. The van der Waals surface area contributed by atoms with Crippen LogP contribution in [0.1, 0.15) is 11.1 Å². The number of carboxylic acid groups (broad SMARTS) is 1. The van der Waals surface area contributed by atoms with Crippen LogP contribution >= 0.6 is 0 Å². The molecule has 94 valence electrons. The number of benzene rings is 2. The number of carboxylic acids is 1. The Morgan fingerprint density at radius 2 is 1.42 bits per heavy atom. The molecule has 0 saturated heterocycles. The van der Waals surface area contributed by atoms with Crippen molar-refractivity contribution in [1.82, 2.24) is 0 Å². The van der Waals surface area contributed by atoms with Crippen molar-refractivity contribution in [2.75, 3.05) is 0 Å². The third-order valence-corrected chi connectivity index (χ3v) is 2.63. The molecule has 0 fully saturated rings. The van der Waals surface area contributed by atoms with Crippen LogP contribution in [0.3, 0.4) is 0 Å². The largest absolute Gasteiger partial charge is 0.478 e. The number of carbonyl (C=O) groups is 1. The summed E-state index contributed by atoms with van der Waals surface area (Å²) in [6.07, 6.45) is 4.74. The lowest BCUT2D eigenvalue weighted by Gasteiger charge is -2.03. The average molecular weight is 250 g/mol. The predicted molar refractivity (Wildman–Crippen MR) is 77.5 cm³/mol. The lowest BCUT2D eigenvalue weighted by Crippen LogP contribution is -1.88. The summed E-state index contributed by atoms with van der Waals surface area (Å²) in [5.41, 5.74) is 2.90. The Balaban J connectivity index is 2.40.